The zero-order chi connectivity index (χ0) is 14.0. The van der Waals surface area contributed by atoms with Crippen LogP contribution in [0.2, 0.25) is 0 Å². The van der Waals surface area contributed by atoms with Crippen LogP contribution in [0, 0.1) is 4.91 Å². The topological polar surface area (TPSA) is 156 Å². The predicted molar refractivity (Wildman–Crippen MR) is 52.9 cm³/mol. The van der Waals surface area contributed by atoms with E-state index in [0.717, 1.165) is 24.3 Å². The Morgan fingerprint density at radius 1 is 1.17 bits per heavy atom. The number of hydrogen-bond acceptors (Lipinski definition) is 6. The fourth-order valence-corrected chi connectivity index (χ4v) is 2.47. The molecule has 0 saturated heterocycles. The molecule has 0 radical (unpaired) electrons. The molecule has 0 aliphatic rings. The Kier molecular flexibility index (Phi) is 4.23. The fourth-order valence-electron chi connectivity index (χ4n) is 0.911. The second-order valence-electron chi connectivity index (χ2n) is 2.88. The maximum atomic E-state index is 11.0. The maximum absolute atomic E-state index is 11.0. The molecule has 1 rings (SSSR count). The van der Waals surface area contributed by atoms with E-state index in [1.807, 2.05) is 0 Å². The van der Waals surface area contributed by atoms with Crippen molar-refractivity contribution in [2.75, 3.05) is 0 Å². The lowest BCUT2D eigenvalue weighted by Gasteiger charge is -2.22. The molecule has 0 saturated carbocycles. The highest BCUT2D eigenvalue weighted by Crippen LogP contribution is 2.54. The molecule has 100 valence electrons. The number of benzene rings is 1. The maximum Gasteiger partial charge on any atom is 0.476 e. The van der Waals surface area contributed by atoms with Crippen LogP contribution in [0.4, 0.5) is 5.69 Å². The highest BCUT2D eigenvalue weighted by atomic mass is 31.3. The van der Waals surface area contributed by atoms with Crippen molar-refractivity contribution in [3.8, 4) is 5.75 Å². The molecular weight excluding hydrogens is 292 g/mol. The fraction of sp³-hybridized carbons (Fsp3) is 0. The van der Waals surface area contributed by atoms with Crippen molar-refractivity contribution in [1.29, 1.82) is 0 Å². The van der Waals surface area contributed by atoms with Gasteiger partial charge in [-0.25, -0.2) is 14.1 Å². The molecule has 0 aromatic heterocycles. The van der Waals surface area contributed by atoms with Crippen LogP contribution < -0.4 is 9.42 Å². The molecule has 0 fully saturated rings. The molecule has 1 aromatic rings. The van der Waals surface area contributed by atoms with Crippen molar-refractivity contribution in [2.24, 2.45) is 0 Å². The molecule has 10 nitrogen and oxygen atoms in total. The van der Waals surface area contributed by atoms with Crippen molar-refractivity contribution in [1.82, 2.24) is 0 Å². The summed E-state index contributed by atoms with van der Waals surface area (Å²) in [6.45, 7) is 0. The normalized spacial score (nSPS) is 14.8. The molecule has 1 atom stereocenters. The lowest BCUT2D eigenvalue weighted by molar-refractivity contribution is -0.729. The van der Waals surface area contributed by atoms with Crippen LogP contribution in [0.1, 0.15) is 0 Å². The monoisotopic (exact) mass is 299 g/mol. The molecular formula is C6H7NO9P2. The van der Waals surface area contributed by atoms with E-state index in [0.29, 0.717) is 0 Å². The lowest BCUT2D eigenvalue weighted by Crippen LogP contribution is -2.09. The van der Waals surface area contributed by atoms with Gasteiger partial charge in [0, 0.05) is 12.1 Å². The van der Waals surface area contributed by atoms with Gasteiger partial charge in [-0.15, -0.1) is 0 Å². The first-order valence-corrected chi connectivity index (χ1v) is 7.12. The zero-order valence-corrected chi connectivity index (χ0v) is 10.2. The number of hydrogen-bond donors (Lipinski definition) is 3. The van der Waals surface area contributed by atoms with E-state index in [-0.39, 0.29) is 11.4 Å². The van der Waals surface area contributed by atoms with Crippen LogP contribution in [0.25, 0.3) is 0 Å². The molecule has 0 aliphatic heterocycles. The predicted octanol–water partition coefficient (Wildman–Crippen LogP) is 0.443. The van der Waals surface area contributed by atoms with E-state index in [1.54, 1.807) is 0 Å². The molecule has 18 heavy (non-hydrogen) atoms. The van der Waals surface area contributed by atoms with Crippen molar-refractivity contribution >= 4 is 21.3 Å². The summed E-state index contributed by atoms with van der Waals surface area (Å²) in [4.78, 5) is 37.6. The van der Waals surface area contributed by atoms with E-state index >= 15 is 0 Å². The summed E-state index contributed by atoms with van der Waals surface area (Å²) in [5.41, 5.74) is -0.195. The SMILES string of the molecule is O=[N+](O)c1ccc(OP(=O)([O-])OP(=O)(O)O)cc1. The minimum Gasteiger partial charge on any atom is -0.746 e. The molecule has 0 aliphatic carbocycles. The third-order valence-electron chi connectivity index (χ3n) is 1.48. The van der Waals surface area contributed by atoms with E-state index in [1.165, 1.54) is 0 Å². The second-order valence-corrected chi connectivity index (χ2v) is 5.59. The molecule has 1 aromatic carbocycles. The molecule has 0 amide bonds. The summed E-state index contributed by atoms with van der Waals surface area (Å²) in [6.07, 6.45) is 0. The Hall–Kier alpha value is -1.28. The second kappa shape index (κ2) is 5.15. The number of phosphoric ester groups is 1. The Balaban J connectivity index is 2.82. The van der Waals surface area contributed by atoms with Crippen LogP contribution in [0.3, 0.4) is 0 Å². The Morgan fingerprint density at radius 3 is 2.06 bits per heavy atom. The van der Waals surface area contributed by atoms with Gasteiger partial charge in [-0.05, 0) is 12.1 Å². The summed E-state index contributed by atoms with van der Waals surface area (Å²) in [5, 5.41) is 8.49. The molecule has 1 unspecified atom stereocenters. The number of rotatable bonds is 5. The summed E-state index contributed by atoms with van der Waals surface area (Å²) in [6, 6.07) is 3.98. The first kappa shape index (κ1) is 14.8. The summed E-state index contributed by atoms with van der Waals surface area (Å²) < 4.78 is 28.9. The van der Waals surface area contributed by atoms with E-state index in [2.05, 4.69) is 8.83 Å². The first-order chi connectivity index (χ1) is 8.09. The van der Waals surface area contributed by atoms with Gasteiger partial charge in [0.1, 0.15) is 5.75 Å². The third kappa shape index (κ3) is 4.92. The van der Waals surface area contributed by atoms with Gasteiger partial charge in [0.2, 0.25) is 0 Å². The highest BCUT2D eigenvalue weighted by molar-refractivity contribution is 7.60. The lowest BCUT2D eigenvalue weighted by atomic mass is 10.3. The van der Waals surface area contributed by atoms with Crippen molar-refractivity contribution in [3.05, 3.63) is 29.2 Å². The van der Waals surface area contributed by atoms with Crippen molar-refractivity contribution in [3.63, 3.8) is 0 Å². The van der Waals surface area contributed by atoms with E-state index in [4.69, 9.17) is 15.0 Å². The van der Waals surface area contributed by atoms with Gasteiger partial charge in [-0.3, -0.25) is 4.57 Å². The van der Waals surface area contributed by atoms with E-state index < -0.39 is 20.6 Å². The van der Waals surface area contributed by atoms with Gasteiger partial charge in [0.05, 0.1) is 4.91 Å². The average Bonchev–Trinajstić information content (AvgIpc) is 2.13. The van der Waals surface area contributed by atoms with Crippen LogP contribution >= 0.6 is 15.6 Å². The van der Waals surface area contributed by atoms with Crippen molar-refractivity contribution in [2.45, 2.75) is 0 Å². The van der Waals surface area contributed by atoms with Crippen molar-refractivity contribution < 1.29 is 42.8 Å². The quantitative estimate of drug-likeness (QED) is 0.518. The molecule has 0 spiro atoms. The average molecular weight is 299 g/mol. The van der Waals surface area contributed by atoms with Gasteiger partial charge in [0.25, 0.3) is 4.92 Å². The van der Waals surface area contributed by atoms with Gasteiger partial charge in [-0.1, -0.05) is 0 Å². The summed E-state index contributed by atoms with van der Waals surface area (Å²) in [7, 11) is -10.5. The van der Waals surface area contributed by atoms with Crippen LogP contribution in [-0.2, 0) is 13.4 Å². The van der Waals surface area contributed by atoms with Gasteiger partial charge < -0.3 is 19.2 Å². The standard InChI is InChI=1S/C6H7NO9P2/c8-7(9)5-1-3-6(4-2-5)15-18(13,14)16-17(10,11)12/h1-4H,(H3-,8,9,10,11,12,13,14). The highest BCUT2D eigenvalue weighted by Gasteiger charge is 2.25. The Bertz CT molecular complexity index is 534. The molecule has 12 heteroatoms. The summed E-state index contributed by atoms with van der Waals surface area (Å²) >= 11 is 0. The number of nitrogens with zero attached hydrogens (tertiary/aromatic N) is 1. The number of phosphoric acid groups is 2. The Labute approximate surface area is 99.8 Å². The summed E-state index contributed by atoms with van der Waals surface area (Å²) in [5.74, 6) is -0.354. The minimum absolute atomic E-state index is 0.195. The van der Waals surface area contributed by atoms with E-state index in [9.17, 15) is 18.9 Å². The minimum atomic E-state index is -5.25. The van der Waals surface area contributed by atoms with Gasteiger partial charge in [-0.2, -0.15) is 0 Å². The molecule has 3 N–H and O–H groups in total. The zero-order valence-electron chi connectivity index (χ0n) is 8.44. The largest absolute Gasteiger partial charge is 0.746 e. The molecule has 0 bridgehead atoms. The Morgan fingerprint density at radius 2 is 1.67 bits per heavy atom. The van der Waals surface area contributed by atoms with Crippen LogP contribution in [0.15, 0.2) is 24.3 Å². The smallest absolute Gasteiger partial charge is 0.476 e. The van der Waals surface area contributed by atoms with Crippen LogP contribution in [-0.4, -0.2) is 19.9 Å². The van der Waals surface area contributed by atoms with Crippen LogP contribution in [0.5, 0.6) is 5.75 Å². The van der Waals surface area contributed by atoms with Gasteiger partial charge in [0.15, 0.2) is 0 Å². The third-order valence-corrected chi connectivity index (χ3v) is 3.57. The molecule has 0 heterocycles. The first-order valence-electron chi connectivity index (χ1n) is 4.13. The van der Waals surface area contributed by atoms with Gasteiger partial charge >= 0.3 is 21.3 Å².